The minimum atomic E-state index is -4.90. The molecule has 0 spiro atoms. The van der Waals surface area contributed by atoms with Gasteiger partial charge in [0.05, 0.1) is 18.7 Å². The summed E-state index contributed by atoms with van der Waals surface area (Å²) in [6, 6.07) is 9.03. The third kappa shape index (κ3) is 4.66. The van der Waals surface area contributed by atoms with Gasteiger partial charge in [-0.2, -0.15) is 13.2 Å². The van der Waals surface area contributed by atoms with Crippen LogP contribution in [0.2, 0.25) is 0 Å². The molecule has 0 aliphatic rings. The number of aliphatic hydroxyl groups is 1. The van der Waals surface area contributed by atoms with Crippen LogP contribution in [0.1, 0.15) is 37.8 Å². The van der Waals surface area contributed by atoms with Crippen LogP contribution in [0.3, 0.4) is 0 Å². The van der Waals surface area contributed by atoms with Gasteiger partial charge in [0.2, 0.25) is 11.4 Å². The standard InChI is InChI=1S/C22H24F3N3O3/c1-3-4-12-21(30,22(23,24)25)20(14-8-11-19(31-2)26-13-14)28-17-7-5-6-16-15(17)9-10-18(29)27-16/h5-11,13,20,28,30H,3-4,12H2,1-2H3,(H,27,29). The molecule has 0 bridgehead atoms. The molecule has 0 radical (unpaired) electrons. The molecule has 2 aromatic heterocycles. The van der Waals surface area contributed by atoms with Crippen LogP contribution >= 0.6 is 0 Å². The number of nitrogens with one attached hydrogen (secondary N) is 2. The number of nitrogens with zero attached hydrogens (tertiary/aromatic N) is 1. The predicted molar refractivity (Wildman–Crippen MR) is 112 cm³/mol. The first kappa shape index (κ1) is 22.6. The van der Waals surface area contributed by atoms with Gasteiger partial charge in [-0.1, -0.05) is 25.8 Å². The van der Waals surface area contributed by atoms with Gasteiger partial charge in [0.1, 0.15) is 0 Å². The van der Waals surface area contributed by atoms with Crippen LogP contribution in [-0.2, 0) is 0 Å². The second-order valence-corrected chi connectivity index (χ2v) is 7.33. The number of fused-ring (bicyclic) bond motifs is 1. The Hall–Kier alpha value is -3.07. The molecule has 2 heterocycles. The average molecular weight is 435 g/mol. The lowest BCUT2D eigenvalue weighted by molar-refractivity contribution is -0.269. The fourth-order valence-electron chi connectivity index (χ4n) is 3.53. The maximum Gasteiger partial charge on any atom is 0.419 e. The number of H-pyrrole nitrogens is 1. The van der Waals surface area contributed by atoms with Gasteiger partial charge in [0.15, 0.2) is 5.60 Å². The van der Waals surface area contributed by atoms with Crippen molar-refractivity contribution in [3.05, 3.63) is 64.6 Å². The molecule has 0 saturated heterocycles. The number of pyridine rings is 2. The van der Waals surface area contributed by atoms with E-state index in [1.807, 2.05) is 0 Å². The SMILES string of the molecule is CCCCC(O)(C(Nc1cccc2[nH]c(=O)ccc12)c1ccc(OC)nc1)C(F)(F)F. The first-order valence-electron chi connectivity index (χ1n) is 9.87. The topological polar surface area (TPSA) is 87.2 Å². The molecule has 0 saturated carbocycles. The quantitative estimate of drug-likeness (QED) is 0.483. The maximum absolute atomic E-state index is 14.2. The van der Waals surface area contributed by atoms with Crippen molar-refractivity contribution in [3.8, 4) is 5.88 Å². The molecule has 2 unspecified atom stereocenters. The first-order chi connectivity index (χ1) is 14.7. The van der Waals surface area contributed by atoms with Gasteiger partial charge in [0.25, 0.3) is 0 Å². The van der Waals surface area contributed by atoms with E-state index in [0.717, 1.165) is 0 Å². The lowest BCUT2D eigenvalue weighted by atomic mass is 9.83. The molecule has 9 heteroatoms. The van der Waals surface area contributed by atoms with Gasteiger partial charge in [-0.25, -0.2) is 4.98 Å². The minimum absolute atomic E-state index is 0.151. The molecule has 3 rings (SSSR count). The number of hydrogen-bond acceptors (Lipinski definition) is 5. The van der Waals surface area contributed by atoms with E-state index < -0.39 is 24.2 Å². The smallest absolute Gasteiger partial charge is 0.419 e. The lowest BCUT2D eigenvalue weighted by Crippen LogP contribution is -2.52. The largest absolute Gasteiger partial charge is 0.481 e. The van der Waals surface area contributed by atoms with Gasteiger partial charge >= 0.3 is 6.18 Å². The highest BCUT2D eigenvalue weighted by Crippen LogP contribution is 2.45. The minimum Gasteiger partial charge on any atom is -0.481 e. The fraction of sp³-hybridized carbons (Fsp3) is 0.364. The van der Waals surface area contributed by atoms with E-state index in [-0.39, 0.29) is 23.4 Å². The summed E-state index contributed by atoms with van der Waals surface area (Å²) in [5.41, 5.74) is -2.42. The van der Waals surface area contributed by atoms with E-state index in [0.29, 0.717) is 23.0 Å². The van der Waals surface area contributed by atoms with Crippen molar-refractivity contribution in [2.24, 2.45) is 0 Å². The number of ether oxygens (including phenoxy) is 1. The molecule has 3 N–H and O–H groups in total. The second kappa shape index (κ2) is 8.97. The molecule has 0 aliphatic heterocycles. The van der Waals surface area contributed by atoms with Crippen molar-refractivity contribution < 1.29 is 23.0 Å². The van der Waals surface area contributed by atoms with Gasteiger partial charge in [-0.15, -0.1) is 0 Å². The van der Waals surface area contributed by atoms with Gasteiger partial charge in [-0.05, 0) is 36.2 Å². The number of rotatable bonds is 8. The zero-order chi connectivity index (χ0) is 22.6. The van der Waals surface area contributed by atoms with Crippen molar-refractivity contribution in [2.75, 3.05) is 12.4 Å². The number of aromatic nitrogens is 2. The molecular formula is C22H24F3N3O3. The number of alkyl halides is 3. The molecule has 0 fully saturated rings. The van der Waals surface area contributed by atoms with Crippen LogP contribution in [0.4, 0.5) is 18.9 Å². The number of unbranched alkanes of at least 4 members (excludes halogenated alkanes) is 1. The molecular weight excluding hydrogens is 411 g/mol. The van der Waals surface area contributed by atoms with Crippen molar-refractivity contribution in [1.82, 2.24) is 9.97 Å². The summed E-state index contributed by atoms with van der Waals surface area (Å²) in [6.45, 7) is 1.76. The number of halogens is 3. The third-order valence-electron chi connectivity index (χ3n) is 5.25. The average Bonchev–Trinajstić information content (AvgIpc) is 2.75. The molecule has 31 heavy (non-hydrogen) atoms. The predicted octanol–water partition coefficient (Wildman–Crippen LogP) is 4.57. The summed E-state index contributed by atoms with van der Waals surface area (Å²) >= 11 is 0. The van der Waals surface area contributed by atoms with Crippen LogP contribution in [-0.4, -0.2) is 34.0 Å². The van der Waals surface area contributed by atoms with Gasteiger partial charge in [0, 0.05) is 29.4 Å². The molecule has 166 valence electrons. The van der Waals surface area contributed by atoms with Crippen molar-refractivity contribution in [1.29, 1.82) is 0 Å². The zero-order valence-corrected chi connectivity index (χ0v) is 17.2. The highest BCUT2D eigenvalue weighted by Gasteiger charge is 2.58. The Morgan fingerprint density at radius 2 is 1.97 bits per heavy atom. The highest BCUT2D eigenvalue weighted by atomic mass is 19.4. The summed E-state index contributed by atoms with van der Waals surface area (Å²) in [5, 5.41) is 14.4. The van der Waals surface area contributed by atoms with Crippen LogP contribution in [0, 0.1) is 0 Å². The van der Waals surface area contributed by atoms with E-state index in [1.54, 1.807) is 25.1 Å². The third-order valence-corrected chi connectivity index (χ3v) is 5.25. The van der Waals surface area contributed by atoms with Crippen molar-refractivity contribution >= 4 is 16.6 Å². The number of benzene rings is 1. The molecule has 1 aromatic carbocycles. The lowest BCUT2D eigenvalue weighted by Gasteiger charge is -2.39. The van der Waals surface area contributed by atoms with Crippen LogP contribution in [0.25, 0.3) is 10.9 Å². The number of methoxy groups -OCH3 is 1. The Kier molecular flexibility index (Phi) is 6.54. The second-order valence-electron chi connectivity index (χ2n) is 7.33. The summed E-state index contributed by atoms with van der Waals surface area (Å²) in [5.74, 6) is 0.245. The molecule has 0 amide bonds. The molecule has 6 nitrogen and oxygen atoms in total. The van der Waals surface area contributed by atoms with E-state index >= 15 is 0 Å². The van der Waals surface area contributed by atoms with E-state index in [4.69, 9.17) is 4.74 Å². The van der Waals surface area contributed by atoms with E-state index in [2.05, 4.69) is 15.3 Å². The van der Waals surface area contributed by atoms with Crippen LogP contribution < -0.4 is 15.6 Å². The van der Waals surface area contributed by atoms with Crippen molar-refractivity contribution in [2.45, 2.75) is 44.0 Å². The Labute approximate surface area is 177 Å². The first-order valence-corrected chi connectivity index (χ1v) is 9.87. The van der Waals surface area contributed by atoms with Gasteiger partial charge < -0.3 is 20.1 Å². The molecule has 2 atom stereocenters. The molecule has 3 aromatic rings. The van der Waals surface area contributed by atoms with Gasteiger partial charge in [-0.3, -0.25) is 4.79 Å². The molecule has 0 aliphatic carbocycles. The Morgan fingerprint density at radius 1 is 1.19 bits per heavy atom. The highest BCUT2D eigenvalue weighted by molar-refractivity contribution is 5.91. The Morgan fingerprint density at radius 3 is 2.58 bits per heavy atom. The zero-order valence-electron chi connectivity index (χ0n) is 17.2. The summed E-state index contributed by atoms with van der Waals surface area (Å²) in [4.78, 5) is 18.3. The number of anilines is 1. The fourth-order valence-corrected chi connectivity index (χ4v) is 3.53. The van der Waals surface area contributed by atoms with Crippen molar-refractivity contribution in [3.63, 3.8) is 0 Å². The van der Waals surface area contributed by atoms with E-state index in [9.17, 15) is 23.1 Å². The Bertz CT molecular complexity index is 1080. The Balaban J connectivity index is 2.14. The number of hydrogen-bond donors (Lipinski definition) is 3. The summed E-state index contributed by atoms with van der Waals surface area (Å²) in [6.07, 6.45) is -3.47. The van der Waals surface area contributed by atoms with Crippen LogP contribution in [0.5, 0.6) is 5.88 Å². The maximum atomic E-state index is 14.2. The number of aromatic amines is 1. The summed E-state index contributed by atoms with van der Waals surface area (Å²) in [7, 11) is 1.40. The monoisotopic (exact) mass is 435 g/mol. The van der Waals surface area contributed by atoms with Crippen LogP contribution in [0.15, 0.2) is 53.5 Å². The summed E-state index contributed by atoms with van der Waals surface area (Å²) < 4.78 is 47.6. The normalized spacial score (nSPS) is 14.8. The van der Waals surface area contributed by atoms with E-state index in [1.165, 1.54) is 37.6 Å².